The van der Waals surface area contributed by atoms with Gasteiger partial charge in [-0.3, -0.25) is 4.99 Å². The molecule has 150 valence electrons. The lowest BCUT2D eigenvalue weighted by Gasteiger charge is -2.32. The van der Waals surface area contributed by atoms with Crippen molar-refractivity contribution in [2.45, 2.75) is 91.6 Å². The topological polar surface area (TPSA) is 32.6 Å². The predicted octanol–water partition coefficient (Wildman–Crippen LogP) is 6.93. The van der Waals surface area contributed by atoms with Crippen LogP contribution in [0.25, 0.3) is 0 Å². The Morgan fingerprint density at radius 2 is 1.96 bits per heavy atom. The third-order valence-corrected chi connectivity index (χ3v) is 6.20. The summed E-state index contributed by atoms with van der Waals surface area (Å²) < 4.78 is 0. The molecule has 2 aliphatic rings. The molecular formula is C25H39NO. The number of aliphatic hydroxyl groups excluding tert-OH is 1. The highest BCUT2D eigenvalue weighted by Gasteiger charge is 2.29. The first-order valence-electron chi connectivity index (χ1n) is 11.0. The van der Waals surface area contributed by atoms with E-state index in [2.05, 4.69) is 44.0 Å². The molecule has 0 spiro atoms. The van der Waals surface area contributed by atoms with E-state index in [-0.39, 0.29) is 6.10 Å². The molecule has 0 aromatic carbocycles. The molecule has 27 heavy (non-hydrogen) atoms. The molecule has 2 nitrogen and oxygen atoms in total. The van der Waals surface area contributed by atoms with Crippen LogP contribution in [-0.4, -0.2) is 17.4 Å². The largest absolute Gasteiger partial charge is 0.388 e. The van der Waals surface area contributed by atoms with E-state index >= 15 is 0 Å². The van der Waals surface area contributed by atoms with Crippen molar-refractivity contribution >= 4 is 6.21 Å². The van der Waals surface area contributed by atoms with Crippen LogP contribution in [0.3, 0.4) is 0 Å². The van der Waals surface area contributed by atoms with Crippen LogP contribution in [-0.2, 0) is 0 Å². The quantitative estimate of drug-likeness (QED) is 0.365. The average Bonchev–Trinajstić information content (AvgIpc) is 3.23. The molecule has 2 aliphatic carbocycles. The summed E-state index contributed by atoms with van der Waals surface area (Å²) in [4.78, 5) is 4.23. The van der Waals surface area contributed by atoms with E-state index in [1.807, 2.05) is 19.3 Å². The summed E-state index contributed by atoms with van der Waals surface area (Å²) in [6.45, 7) is 8.55. The summed E-state index contributed by atoms with van der Waals surface area (Å²) >= 11 is 0. The fraction of sp³-hybridized carbons (Fsp3) is 0.640. The summed E-state index contributed by atoms with van der Waals surface area (Å²) in [6, 6.07) is 0. The van der Waals surface area contributed by atoms with E-state index in [1.165, 1.54) is 55.2 Å². The lowest BCUT2D eigenvalue weighted by molar-refractivity contribution is 0.105. The van der Waals surface area contributed by atoms with Crippen LogP contribution in [0.5, 0.6) is 0 Å². The maximum atomic E-state index is 11.4. The standard InChI is InChI=1S/C25H39NO/c1-5-20(4)24(25(27)22-14-8-7-9-15-22)23(21-12-10-11-13-21)17-16-19(3)18-26-6-2/h6,12,16-18,20,22,25,27H,5,7-11,13-15H2,1-4H3/b17-16-,19-18+,24-23-,26-6?/t20-,25?/m1/s1. The Morgan fingerprint density at radius 1 is 1.22 bits per heavy atom. The second kappa shape index (κ2) is 11.4. The number of nitrogens with zero attached hydrogens (tertiary/aromatic N) is 1. The van der Waals surface area contributed by atoms with Crippen LogP contribution in [0.1, 0.15) is 85.5 Å². The summed E-state index contributed by atoms with van der Waals surface area (Å²) in [7, 11) is 0. The molecule has 0 bridgehead atoms. The predicted molar refractivity (Wildman–Crippen MR) is 118 cm³/mol. The molecule has 0 aliphatic heterocycles. The molecule has 1 unspecified atom stereocenters. The minimum absolute atomic E-state index is 0.306. The molecular weight excluding hydrogens is 330 g/mol. The molecule has 0 aromatic rings. The van der Waals surface area contributed by atoms with Gasteiger partial charge >= 0.3 is 0 Å². The van der Waals surface area contributed by atoms with Crippen LogP contribution in [0.15, 0.2) is 51.7 Å². The number of allylic oxidation sites excluding steroid dienone is 6. The number of aliphatic imine (C=N–C) groups is 1. The molecule has 0 radical (unpaired) electrons. The highest BCUT2D eigenvalue weighted by Crippen LogP contribution is 2.38. The first kappa shape index (κ1) is 21.9. The first-order valence-corrected chi connectivity index (χ1v) is 11.0. The van der Waals surface area contributed by atoms with Crippen molar-refractivity contribution in [2.75, 3.05) is 0 Å². The Balaban J connectivity index is 2.45. The van der Waals surface area contributed by atoms with Crippen LogP contribution in [0, 0.1) is 11.8 Å². The van der Waals surface area contributed by atoms with Gasteiger partial charge in [0.25, 0.3) is 0 Å². The average molecular weight is 370 g/mol. The van der Waals surface area contributed by atoms with E-state index in [0.717, 1.165) is 24.8 Å². The molecule has 0 heterocycles. The zero-order valence-electron chi connectivity index (χ0n) is 17.9. The van der Waals surface area contributed by atoms with Crippen molar-refractivity contribution in [2.24, 2.45) is 16.8 Å². The fourth-order valence-corrected chi connectivity index (χ4v) is 4.39. The monoisotopic (exact) mass is 369 g/mol. The molecule has 1 saturated carbocycles. The third kappa shape index (κ3) is 6.31. The lowest BCUT2D eigenvalue weighted by atomic mass is 9.76. The van der Waals surface area contributed by atoms with Crippen LogP contribution >= 0.6 is 0 Å². The Bertz CT molecular complexity index is 614. The van der Waals surface area contributed by atoms with Crippen LogP contribution in [0.2, 0.25) is 0 Å². The van der Waals surface area contributed by atoms with E-state index in [9.17, 15) is 5.11 Å². The van der Waals surface area contributed by atoms with Gasteiger partial charge in [0.15, 0.2) is 0 Å². The fourth-order valence-electron chi connectivity index (χ4n) is 4.39. The van der Waals surface area contributed by atoms with Gasteiger partial charge in [0.2, 0.25) is 0 Å². The molecule has 0 saturated heterocycles. The number of hydrogen-bond acceptors (Lipinski definition) is 2. The zero-order chi connectivity index (χ0) is 19.6. The minimum Gasteiger partial charge on any atom is -0.388 e. The molecule has 2 rings (SSSR count). The third-order valence-electron chi connectivity index (χ3n) is 6.20. The summed E-state index contributed by atoms with van der Waals surface area (Å²) in [6.07, 6.45) is 21.0. The van der Waals surface area contributed by atoms with Crippen molar-refractivity contribution in [3.05, 3.63) is 46.7 Å². The van der Waals surface area contributed by atoms with E-state index in [0.29, 0.717) is 11.8 Å². The van der Waals surface area contributed by atoms with Crippen LogP contribution in [0.4, 0.5) is 0 Å². The lowest BCUT2D eigenvalue weighted by Crippen LogP contribution is -2.29. The highest BCUT2D eigenvalue weighted by molar-refractivity contribution is 5.54. The van der Waals surface area contributed by atoms with Gasteiger partial charge < -0.3 is 5.11 Å². The summed E-state index contributed by atoms with van der Waals surface area (Å²) in [5.74, 6) is 0.829. The van der Waals surface area contributed by atoms with Gasteiger partial charge in [0.1, 0.15) is 0 Å². The van der Waals surface area contributed by atoms with Crippen molar-refractivity contribution < 1.29 is 5.11 Å². The molecule has 1 N–H and O–H groups in total. The van der Waals surface area contributed by atoms with Gasteiger partial charge in [-0.1, -0.05) is 51.3 Å². The Labute approximate surface area is 166 Å². The van der Waals surface area contributed by atoms with Gasteiger partial charge in [0.05, 0.1) is 6.10 Å². The molecule has 2 atom stereocenters. The van der Waals surface area contributed by atoms with Crippen LogP contribution < -0.4 is 0 Å². The number of rotatable bonds is 8. The normalized spacial score (nSPS) is 23.0. The molecule has 1 fully saturated rings. The second-order valence-corrected chi connectivity index (χ2v) is 8.26. The summed E-state index contributed by atoms with van der Waals surface area (Å²) in [5.41, 5.74) is 5.15. The maximum absolute atomic E-state index is 11.4. The SMILES string of the molecule is CC=N/C=C(C)/C=C\C(C1=CCCC1)=C(\C(O)C1CCCCC1)[C@H](C)CC. The van der Waals surface area contributed by atoms with E-state index in [4.69, 9.17) is 0 Å². The Hall–Kier alpha value is -1.41. The minimum atomic E-state index is -0.306. The first-order chi connectivity index (χ1) is 13.1. The number of aliphatic hydroxyl groups is 1. The van der Waals surface area contributed by atoms with Crippen molar-refractivity contribution in [1.29, 1.82) is 0 Å². The second-order valence-electron chi connectivity index (χ2n) is 8.26. The Kier molecular flexibility index (Phi) is 9.27. The van der Waals surface area contributed by atoms with Gasteiger partial charge in [0, 0.05) is 12.4 Å². The van der Waals surface area contributed by atoms with Crippen molar-refractivity contribution in [3.63, 3.8) is 0 Å². The highest BCUT2D eigenvalue weighted by atomic mass is 16.3. The molecule has 0 amide bonds. The zero-order valence-corrected chi connectivity index (χ0v) is 17.9. The van der Waals surface area contributed by atoms with Gasteiger partial charge in [-0.05, 0) is 86.5 Å². The van der Waals surface area contributed by atoms with Gasteiger partial charge in [-0.25, -0.2) is 0 Å². The van der Waals surface area contributed by atoms with E-state index in [1.54, 1.807) is 0 Å². The van der Waals surface area contributed by atoms with Crippen molar-refractivity contribution in [1.82, 2.24) is 0 Å². The van der Waals surface area contributed by atoms with E-state index < -0.39 is 0 Å². The summed E-state index contributed by atoms with van der Waals surface area (Å²) in [5, 5.41) is 11.4. The van der Waals surface area contributed by atoms with Gasteiger partial charge in [-0.2, -0.15) is 0 Å². The Morgan fingerprint density at radius 3 is 2.56 bits per heavy atom. The maximum Gasteiger partial charge on any atom is 0.0789 e. The number of hydrogen-bond donors (Lipinski definition) is 1. The molecule has 0 aromatic heterocycles. The van der Waals surface area contributed by atoms with Gasteiger partial charge in [-0.15, -0.1) is 0 Å². The van der Waals surface area contributed by atoms with Crippen molar-refractivity contribution in [3.8, 4) is 0 Å². The molecule has 2 heteroatoms. The smallest absolute Gasteiger partial charge is 0.0789 e.